The zero-order chi connectivity index (χ0) is 14.4. The molecule has 5 heteroatoms. The zero-order valence-corrected chi connectivity index (χ0v) is 13.1. The second kappa shape index (κ2) is 7.65. The van der Waals surface area contributed by atoms with Gasteiger partial charge in [-0.1, -0.05) is 31.5 Å². The largest absolute Gasteiger partial charge is 0.398 e. The molecule has 1 rings (SSSR count). The van der Waals surface area contributed by atoms with Crippen LogP contribution in [0.25, 0.3) is 0 Å². The Kier molecular flexibility index (Phi) is 6.52. The fourth-order valence-electron chi connectivity index (χ4n) is 1.51. The maximum atomic E-state index is 11.9. The first-order chi connectivity index (χ1) is 8.91. The van der Waals surface area contributed by atoms with Crippen molar-refractivity contribution in [1.29, 1.82) is 0 Å². The van der Waals surface area contributed by atoms with Gasteiger partial charge in [0.2, 0.25) is 5.91 Å². The third-order valence-electron chi connectivity index (χ3n) is 2.68. The van der Waals surface area contributed by atoms with E-state index in [9.17, 15) is 4.79 Å². The third kappa shape index (κ3) is 5.33. The quantitative estimate of drug-likeness (QED) is 0.624. The SMILES string of the molecule is CC(C)CCNC(=O)C(C)Sc1c(N)cccc1Cl. The molecule has 106 valence electrons. The maximum Gasteiger partial charge on any atom is 0.233 e. The molecule has 0 fully saturated rings. The average molecular weight is 301 g/mol. The number of nitrogen functional groups attached to an aromatic ring is 1. The fraction of sp³-hybridized carbons (Fsp3) is 0.500. The number of carbonyl (C=O) groups is 1. The molecule has 1 aromatic carbocycles. The van der Waals surface area contributed by atoms with Gasteiger partial charge < -0.3 is 11.1 Å². The van der Waals surface area contributed by atoms with Crippen molar-refractivity contribution in [2.24, 2.45) is 5.92 Å². The average Bonchev–Trinajstić information content (AvgIpc) is 2.33. The summed E-state index contributed by atoms with van der Waals surface area (Å²) in [6.45, 7) is 6.83. The van der Waals surface area contributed by atoms with Crippen LogP contribution in [0.1, 0.15) is 27.2 Å². The Labute approximate surface area is 124 Å². The van der Waals surface area contributed by atoms with E-state index < -0.39 is 0 Å². The van der Waals surface area contributed by atoms with E-state index in [1.54, 1.807) is 18.2 Å². The van der Waals surface area contributed by atoms with Crippen LogP contribution in [0.2, 0.25) is 5.02 Å². The Hall–Kier alpha value is -0.870. The highest BCUT2D eigenvalue weighted by molar-refractivity contribution is 8.00. The topological polar surface area (TPSA) is 55.1 Å². The summed E-state index contributed by atoms with van der Waals surface area (Å²) in [5.41, 5.74) is 6.48. The standard InChI is InChI=1S/C14H21ClN2OS/c1-9(2)7-8-17-14(18)10(3)19-13-11(15)5-4-6-12(13)16/h4-6,9-10H,7-8,16H2,1-3H3,(H,17,18). The van der Waals surface area contributed by atoms with Gasteiger partial charge in [0.1, 0.15) is 0 Å². The Balaban J connectivity index is 2.54. The highest BCUT2D eigenvalue weighted by Crippen LogP contribution is 2.35. The van der Waals surface area contributed by atoms with E-state index in [-0.39, 0.29) is 11.2 Å². The molecule has 0 aliphatic carbocycles. The van der Waals surface area contributed by atoms with Crippen molar-refractivity contribution in [1.82, 2.24) is 5.32 Å². The van der Waals surface area contributed by atoms with Gasteiger partial charge in [-0.15, -0.1) is 11.8 Å². The molecule has 3 nitrogen and oxygen atoms in total. The maximum absolute atomic E-state index is 11.9. The number of thioether (sulfide) groups is 1. The molecule has 1 aromatic rings. The van der Waals surface area contributed by atoms with Crippen molar-refractivity contribution < 1.29 is 4.79 Å². The summed E-state index contributed by atoms with van der Waals surface area (Å²) in [7, 11) is 0. The fourth-order valence-corrected chi connectivity index (χ4v) is 2.75. The summed E-state index contributed by atoms with van der Waals surface area (Å²) < 4.78 is 0. The molecular weight excluding hydrogens is 280 g/mol. The van der Waals surface area contributed by atoms with E-state index in [1.807, 2.05) is 6.92 Å². The predicted octanol–water partition coefficient (Wildman–Crippen LogP) is 3.57. The van der Waals surface area contributed by atoms with Gasteiger partial charge >= 0.3 is 0 Å². The first-order valence-corrected chi connectivity index (χ1v) is 7.66. The van der Waals surface area contributed by atoms with Crippen LogP contribution in [0.3, 0.4) is 0 Å². The number of rotatable bonds is 6. The van der Waals surface area contributed by atoms with Crippen LogP contribution in [0, 0.1) is 5.92 Å². The van der Waals surface area contributed by atoms with Crippen molar-refractivity contribution in [3.05, 3.63) is 23.2 Å². The monoisotopic (exact) mass is 300 g/mol. The summed E-state index contributed by atoms with van der Waals surface area (Å²) >= 11 is 7.49. The number of nitrogens with two attached hydrogens (primary N) is 1. The van der Waals surface area contributed by atoms with E-state index >= 15 is 0 Å². The van der Waals surface area contributed by atoms with Gasteiger partial charge in [0.25, 0.3) is 0 Å². The molecule has 1 amide bonds. The van der Waals surface area contributed by atoms with Crippen molar-refractivity contribution in [2.45, 2.75) is 37.3 Å². The lowest BCUT2D eigenvalue weighted by atomic mass is 10.1. The number of benzene rings is 1. The highest BCUT2D eigenvalue weighted by atomic mass is 35.5. The molecule has 0 aromatic heterocycles. The van der Waals surface area contributed by atoms with E-state index in [0.29, 0.717) is 23.2 Å². The van der Waals surface area contributed by atoms with E-state index in [1.165, 1.54) is 11.8 Å². The lowest BCUT2D eigenvalue weighted by Crippen LogP contribution is -2.32. The van der Waals surface area contributed by atoms with Gasteiger partial charge in [-0.25, -0.2) is 0 Å². The molecule has 0 aliphatic heterocycles. The molecule has 0 saturated carbocycles. The first kappa shape index (κ1) is 16.2. The highest BCUT2D eigenvalue weighted by Gasteiger charge is 2.17. The predicted molar refractivity (Wildman–Crippen MR) is 83.6 cm³/mol. The van der Waals surface area contributed by atoms with E-state index in [0.717, 1.165) is 11.3 Å². The molecular formula is C14H21ClN2OS. The summed E-state index contributed by atoms with van der Waals surface area (Å²) in [6, 6.07) is 5.37. The van der Waals surface area contributed by atoms with Crippen molar-refractivity contribution in [3.63, 3.8) is 0 Å². The molecule has 0 bridgehead atoms. The number of hydrogen-bond acceptors (Lipinski definition) is 3. The Morgan fingerprint density at radius 2 is 2.11 bits per heavy atom. The Morgan fingerprint density at radius 1 is 1.42 bits per heavy atom. The van der Waals surface area contributed by atoms with Crippen LogP contribution in [-0.4, -0.2) is 17.7 Å². The molecule has 1 atom stereocenters. The Morgan fingerprint density at radius 3 is 2.68 bits per heavy atom. The van der Waals surface area contributed by atoms with Gasteiger partial charge in [0.05, 0.1) is 10.3 Å². The molecule has 19 heavy (non-hydrogen) atoms. The second-order valence-electron chi connectivity index (χ2n) is 4.89. The molecule has 3 N–H and O–H groups in total. The smallest absolute Gasteiger partial charge is 0.233 e. The van der Waals surface area contributed by atoms with Crippen LogP contribution in [-0.2, 0) is 4.79 Å². The normalized spacial score (nSPS) is 12.5. The van der Waals surface area contributed by atoms with Crippen molar-refractivity contribution in [3.8, 4) is 0 Å². The van der Waals surface area contributed by atoms with Crippen LogP contribution >= 0.6 is 23.4 Å². The number of amides is 1. The summed E-state index contributed by atoms with van der Waals surface area (Å²) in [6.07, 6.45) is 0.983. The zero-order valence-electron chi connectivity index (χ0n) is 11.6. The molecule has 0 radical (unpaired) electrons. The minimum atomic E-state index is -0.214. The molecule has 1 unspecified atom stereocenters. The van der Waals surface area contributed by atoms with Crippen LogP contribution in [0.4, 0.5) is 5.69 Å². The lowest BCUT2D eigenvalue weighted by molar-refractivity contribution is -0.120. The first-order valence-electron chi connectivity index (χ1n) is 6.40. The van der Waals surface area contributed by atoms with Gasteiger partial charge in [-0.05, 0) is 31.4 Å². The van der Waals surface area contributed by atoms with Crippen molar-refractivity contribution >= 4 is 35.0 Å². The van der Waals surface area contributed by atoms with Gasteiger partial charge in [-0.3, -0.25) is 4.79 Å². The number of carbonyl (C=O) groups excluding carboxylic acids is 1. The van der Waals surface area contributed by atoms with E-state index in [2.05, 4.69) is 19.2 Å². The van der Waals surface area contributed by atoms with Gasteiger partial charge in [0, 0.05) is 17.1 Å². The third-order valence-corrected chi connectivity index (χ3v) is 4.37. The lowest BCUT2D eigenvalue weighted by Gasteiger charge is -2.14. The molecule has 0 spiro atoms. The van der Waals surface area contributed by atoms with Gasteiger partial charge in [0.15, 0.2) is 0 Å². The number of halogens is 1. The summed E-state index contributed by atoms with van der Waals surface area (Å²) in [5.74, 6) is 0.604. The second-order valence-corrected chi connectivity index (χ2v) is 6.65. The van der Waals surface area contributed by atoms with E-state index in [4.69, 9.17) is 17.3 Å². The minimum absolute atomic E-state index is 0.0185. The van der Waals surface area contributed by atoms with Crippen LogP contribution in [0.5, 0.6) is 0 Å². The van der Waals surface area contributed by atoms with Gasteiger partial charge in [-0.2, -0.15) is 0 Å². The number of anilines is 1. The summed E-state index contributed by atoms with van der Waals surface area (Å²) in [4.78, 5) is 12.7. The molecule has 0 aliphatic rings. The van der Waals surface area contributed by atoms with Crippen LogP contribution < -0.4 is 11.1 Å². The Bertz CT molecular complexity index is 417. The number of nitrogens with one attached hydrogen (secondary N) is 1. The molecule has 0 heterocycles. The minimum Gasteiger partial charge on any atom is -0.398 e. The summed E-state index contributed by atoms with van der Waals surface area (Å²) in [5, 5.41) is 3.31. The number of hydrogen-bond donors (Lipinski definition) is 2. The molecule has 0 saturated heterocycles. The van der Waals surface area contributed by atoms with Crippen LogP contribution in [0.15, 0.2) is 23.1 Å². The van der Waals surface area contributed by atoms with Crippen molar-refractivity contribution in [2.75, 3.05) is 12.3 Å².